The van der Waals surface area contributed by atoms with Gasteiger partial charge in [-0.1, -0.05) is 12.8 Å². The number of hydrogen-bond acceptors (Lipinski definition) is 4. The molecule has 3 heterocycles. The Morgan fingerprint density at radius 2 is 2.03 bits per heavy atom. The van der Waals surface area contributed by atoms with E-state index in [0.717, 1.165) is 44.3 Å². The van der Waals surface area contributed by atoms with Gasteiger partial charge in [0.25, 0.3) is 0 Å². The predicted molar refractivity (Wildman–Crippen MR) is 129 cm³/mol. The number of nitrogens with zero attached hydrogens (tertiary/aromatic N) is 5. The van der Waals surface area contributed by atoms with Gasteiger partial charge in [0.05, 0.1) is 19.3 Å². The molecule has 0 amide bonds. The third-order valence-electron chi connectivity index (χ3n) is 5.64. The van der Waals surface area contributed by atoms with E-state index in [9.17, 15) is 0 Å². The van der Waals surface area contributed by atoms with Crippen molar-refractivity contribution in [1.29, 1.82) is 0 Å². The number of hydrogen-bond donors (Lipinski definition) is 1. The monoisotopic (exact) mass is 518 g/mol. The van der Waals surface area contributed by atoms with Crippen molar-refractivity contribution in [3.8, 4) is 0 Å². The van der Waals surface area contributed by atoms with E-state index in [-0.39, 0.29) is 30.1 Å². The van der Waals surface area contributed by atoms with Gasteiger partial charge in [0.15, 0.2) is 5.96 Å². The number of aryl methyl sites for hydroxylation is 1. The van der Waals surface area contributed by atoms with Crippen LogP contribution in [0.3, 0.4) is 0 Å². The van der Waals surface area contributed by atoms with E-state index in [1.54, 1.807) is 0 Å². The fraction of sp³-hybridized carbons (Fsp3) is 0.810. The molecular weight excluding hydrogens is 479 g/mol. The number of ether oxygens (including phenoxy) is 1. The summed E-state index contributed by atoms with van der Waals surface area (Å²) >= 11 is 0. The van der Waals surface area contributed by atoms with Gasteiger partial charge in [-0.25, -0.2) is 0 Å². The fourth-order valence-corrected chi connectivity index (χ4v) is 4.07. The maximum atomic E-state index is 5.97. The first kappa shape index (κ1) is 24.4. The highest BCUT2D eigenvalue weighted by Crippen LogP contribution is 2.21. The lowest BCUT2D eigenvalue weighted by atomic mass is 10.1. The standard InChI is InChI=1S/C21H38N6O.HI/c1-3-22-21(23-10-6-4-7-11-26-12-8-5-9-13-26)27-14-15-28-20(18-27)19-16-24-25(2)17-19;/h16-17,20H,3-15,18H2,1-2H3,(H,22,23);1H. The Morgan fingerprint density at radius 1 is 1.21 bits per heavy atom. The Morgan fingerprint density at radius 3 is 2.76 bits per heavy atom. The van der Waals surface area contributed by atoms with Gasteiger partial charge in [0.2, 0.25) is 0 Å². The highest BCUT2D eigenvalue weighted by molar-refractivity contribution is 14.0. The second-order valence-corrected chi connectivity index (χ2v) is 7.95. The van der Waals surface area contributed by atoms with Crippen LogP contribution >= 0.6 is 24.0 Å². The molecule has 1 unspecified atom stereocenters. The molecule has 0 radical (unpaired) electrons. The molecule has 2 aliphatic rings. The van der Waals surface area contributed by atoms with Crippen LogP contribution in [0.25, 0.3) is 0 Å². The third-order valence-corrected chi connectivity index (χ3v) is 5.64. The summed E-state index contributed by atoms with van der Waals surface area (Å²) in [4.78, 5) is 9.86. The van der Waals surface area contributed by atoms with Gasteiger partial charge in [0.1, 0.15) is 6.10 Å². The van der Waals surface area contributed by atoms with Crippen LogP contribution in [0.5, 0.6) is 0 Å². The first-order valence-electron chi connectivity index (χ1n) is 11.1. The number of aliphatic imine (C=N–C) groups is 1. The van der Waals surface area contributed by atoms with Gasteiger partial charge < -0.3 is 19.9 Å². The number of rotatable bonds is 8. The molecule has 0 spiro atoms. The smallest absolute Gasteiger partial charge is 0.194 e. The molecule has 1 aromatic rings. The molecular formula is C21H39IN6O. The Labute approximate surface area is 193 Å². The summed E-state index contributed by atoms with van der Waals surface area (Å²) in [6, 6.07) is 0. The van der Waals surface area contributed by atoms with Crippen LogP contribution < -0.4 is 5.32 Å². The summed E-state index contributed by atoms with van der Waals surface area (Å²) < 4.78 is 7.80. The zero-order valence-corrected chi connectivity index (χ0v) is 20.5. The van der Waals surface area contributed by atoms with Crippen LogP contribution in [0.4, 0.5) is 0 Å². The lowest BCUT2D eigenvalue weighted by molar-refractivity contribution is -0.00804. The molecule has 0 aliphatic carbocycles. The van der Waals surface area contributed by atoms with E-state index >= 15 is 0 Å². The van der Waals surface area contributed by atoms with Gasteiger partial charge in [-0.2, -0.15) is 5.10 Å². The van der Waals surface area contributed by atoms with Gasteiger partial charge in [-0.15, -0.1) is 24.0 Å². The van der Waals surface area contributed by atoms with Gasteiger partial charge in [0, 0.05) is 38.4 Å². The molecule has 3 rings (SSSR count). The third kappa shape index (κ3) is 8.05. The minimum absolute atomic E-state index is 0. The Hall–Kier alpha value is -0.870. The van der Waals surface area contributed by atoms with Crippen molar-refractivity contribution >= 4 is 29.9 Å². The van der Waals surface area contributed by atoms with E-state index in [4.69, 9.17) is 9.73 Å². The maximum absolute atomic E-state index is 5.97. The average Bonchev–Trinajstić information content (AvgIpc) is 3.17. The minimum Gasteiger partial charge on any atom is -0.370 e. The van der Waals surface area contributed by atoms with Gasteiger partial charge in [-0.05, 0) is 52.2 Å². The number of aromatic nitrogens is 2. The van der Waals surface area contributed by atoms with Crippen molar-refractivity contribution in [3.63, 3.8) is 0 Å². The molecule has 0 aromatic carbocycles. The molecule has 1 atom stereocenters. The summed E-state index contributed by atoms with van der Waals surface area (Å²) in [5.41, 5.74) is 1.14. The molecule has 1 aromatic heterocycles. The number of likely N-dealkylation sites (tertiary alicyclic amines) is 1. The molecule has 0 saturated carbocycles. The van der Waals surface area contributed by atoms with E-state index in [2.05, 4.69) is 27.1 Å². The van der Waals surface area contributed by atoms with Crippen molar-refractivity contribution < 1.29 is 4.74 Å². The SMILES string of the molecule is CCNC(=NCCCCCN1CCCCC1)N1CCOC(c2cnn(C)c2)C1.I. The largest absolute Gasteiger partial charge is 0.370 e. The van der Waals surface area contributed by atoms with Crippen LogP contribution in [-0.2, 0) is 11.8 Å². The average molecular weight is 518 g/mol. The topological polar surface area (TPSA) is 57.9 Å². The zero-order chi connectivity index (χ0) is 19.6. The second-order valence-electron chi connectivity index (χ2n) is 7.95. The highest BCUT2D eigenvalue weighted by Gasteiger charge is 2.25. The van der Waals surface area contributed by atoms with E-state index in [0.29, 0.717) is 0 Å². The van der Waals surface area contributed by atoms with Crippen LogP contribution in [0.2, 0.25) is 0 Å². The summed E-state index contributed by atoms with van der Waals surface area (Å²) in [6.45, 7) is 10.2. The van der Waals surface area contributed by atoms with Crippen molar-refractivity contribution in [1.82, 2.24) is 24.9 Å². The summed E-state index contributed by atoms with van der Waals surface area (Å²) in [6.07, 6.45) is 11.9. The quantitative estimate of drug-likeness (QED) is 0.248. The van der Waals surface area contributed by atoms with Crippen LogP contribution in [0.15, 0.2) is 17.4 Å². The molecule has 2 saturated heterocycles. The lowest BCUT2D eigenvalue weighted by Crippen LogP contribution is -2.48. The Kier molecular flexibility index (Phi) is 11.3. The number of morpholine rings is 1. The molecule has 29 heavy (non-hydrogen) atoms. The van der Waals surface area contributed by atoms with Crippen molar-refractivity contribution in [3.05, 3.63) is 18.0 Å². The summed E-state index contributed by atoms with van der Waals surface area (Å²) in [7, 11) is 1.95. The number of unbranched alkanes of at least 4 members (excludes halogenated alkanes) is 2. The summed E-state index contributed by atoms with van der Waals surface area (Å²) in [5.74, 6) is 1.02. The number of piperidine rings is 1. The molecule has 2 fully saturated rings. The highest BCUT2D eigenvalue weighted by atomic mass is 127. The first-order chi connectivity index (χ1) is 13.8. The maximum Gasteiger partial charge on any atom is 0.194 e. The van der Waals surface area contributed by atoms with Crippen LogP contribution in [0.1, 0.15) is 57.1 Å². The fourth-order valence-electron chi connectivity index (χ4n) is 4.07. The second kappa shape index (κ2) is 13.4. The number of guanidine groups is 1. The molecule has 8 heteroatoms. The van der Waals surface area contributed by atoms with Crippen molar-refractivity contribution in [2.75, 3.05) is 52.4 Å². The number of nitrogens with one attached hydrogen (secondary N) is 1. The van der Waals surface area contributed by atoms with E-state index < -0.39 is 0 Å². The van der Waals surface area contributed by atoms with Gasteiger partial charge in [-0.3, -0.25) is 9.67 Å². The van der Waals surface area contributed by atoms with Crippen molar-refractivity contribution in [2.24, 2.45) is 12.0 Å². The minimum atomic E-state index is 0. The van der Waals surface area contributed by atoms with E-state index in [1.807, 2.05) is 24.1 Å². The summed E-state index contributed by atoms with van der Waals surface area (Å²) in [5, 5.41) is 7.74. The van der Waals surface area contributed by atoms with Gasteiger partial charge >= 0.3 is 0 Å². The number of halogens is 1. The molecule has 2 aliphatic heterocycles. The van der Waals surface area contributed by atoms with Crippen LogP contribution in [0, 0.1) is 0 Å². The Balaban J connectivity index is 0.00000300. The molecule has 0 bridgehead atoms. The normalized spacial score (nSPS) is 21.1. The first-order valence-corrected chi connectivity index (χ1v) is 11.1. The molecule has 166 valence electrons. The zero-order valence-electron chi connectivity index (χ0n) is 18.2. The van der Waals surface area contributed by atoms with E-state index in [1.165, 1.54) is 58.2 Å². The molecule has 7 nitrogen and oxygen atoms in total. The lowest BCUT2D eigenvalue weighted by Gasteiger charge is -2.34. The van der Waals surface area contributed by atoms with Crippen molar-refractivity contribution in [2.45, 2.75) is 51.6 Å². The molecule has 1 N–H and O–H groups in total. The van der Waals surface area contributed by atoms with Crippen LogP contribution in [-0.4, -0.2) is 78.0 Å². The Bertz CT molecular complexity index is 602. The predicted octanol–water partition coefficient (Wildman–Crippen LogP) is 3.03.